The van der Waals surface area contributed by atoms with E-state index in [4.69, 9.17) is 0 Å². The SMILES string of the molecule is CCOC(=O)NC(=O)COC(=O)CNC(=O)c1cccc(OC(F)F)c1. The maximum Gasteiger partial charge on any atom is 0.413 e. The van der Waals surface area contributed by atoms with E-state index < -0.39 is 43.6 Å². The van der Waals surface area contributed by atoms with Gasteiger partial charge in [0.1, 0.15) is 12.3 Å². The lowest BCUT2D eigenvalue weighted by Crippen LogP contribution is -2.36. The van der Waals surface area contributed by atoms with Crippen molar-refractivity contribution in [1.29, 1.82) is 0 Å². The van der Waals surface area contributed by atoms with Crippen molar-refractivity contribution in [3.63, 3.8) is 0 Å². The molecule has 0 spiro atoms. The Kier molecular flexibility index (Phi) is 8.47. The first-order chi connectivity index (χ1) is 12.3. The molecule has 2 N–H and O–H groups in total. The van der Waals surface area contributed by atoms with Crippen molar-refractivity contribution in [2.45, 2.75) is 13.5 Å². The van der Waals surface area contributed by atoms with Crippen molar-refractivity contribution in [2.75, 3.05) is 19.8 Å². The summed E-state index contributed by atoms with van der Waals surface area (Å²) in [5.74, 6) is -2.80. The lowest BCUT2D eigenvalue weighted by atomic mass is 10.2. The summed E-state index contributed by atoms with van der Waals surface area (Å²) in [4.78, 5) is 45.5. The number of carbonyl (C=O) groups excluding carboxylic acids is 4. The van der Waals surface area contributed by atoms with Crippen LogP contribution in [0.25, 0.3) is 0 Å². The van der Waals surface area contributed by atoms with E-state index in [1.165, 1.54) is 18.2 Å². The lowest BCUT2D eigenvalue weighted by molar-refractivity contribution is -0.147. The Balaban J connectivity index is 2.39. The van der Waals surface area contributed by atoms with Gasteiger partial charge in [-0.3, -0.25) is 19.7 Å². The van der Waals surface area contributed by atoms with Crippen molar-refractivity contribution < 1.29 is 42.2 Å². The van der Waals surface area contributed by atoms with E-state index in [0.717, 1.165) is 6.07 Å². The third-order valence-electron chi connectivity index (χ3n) is 2.60. The quantitative estimate of drug-likeness (QED) is 0.647. The Morgan fingerprint density at radius 1 is 1.15 bits per heavy atom. The van der Waals surface area contributed by atoms with Crippen molar-refractivity contribution >= 4 is 23.9 Å². The average Bonchev–Trinajstić information content (AvgIpc) is 2.57. The highest BCUT2D eigenvalue weighted by Crippen LogP contribution is 2.15. The van der Waals surface area contributed by atoms with Gasteiger partial charge in [0.15, 0.2) is 6.61 Å². The smallest absolute Gasteiger partial charge is 0.413 e. The average molecular weight is 374 g/mol. The molecule has 0 saturated carbocycles. The molecule has 0 aliphatic rings. The summed E-state index contributed by atoms with van der Waals surface area (Å²) in [6.45, 7) is -2.75. The number of hydrogen-bond acceptors (Lipinski definition) is 7. The van der Waals surface area contributed by atoms with Crippen molar-refractivity contribution in [3.05, 3.63) is 29.8 Å². The van der Waals surface area contributed by atoms with E-state index in [-0.39, 0.29) is 17.9 Å². The first-order valence-corrected chi connectivity index (χ1v) is 7.27. The number of halogens is 2. The number of ether oxygens (including phenoxy) is 3. The Hall–Kier alpha value is -3.24. The van der Waals surface area contributed by atoms with Gasteiger partial charge in [0.2, 0.25) is 0 Å². The third kappa shape index (κ3) is 8.04. The summed E-state index contributed by atoms with van der Waals surface area (Å²) < 4.78 is 37.4. The second-order valence-electron chi connectivity index (χ2n) is 4.52. The summed E-state index contributed by atoms with van der Waals surface area (Å²) in [7, 11) is 0. The van der Waals surface area contributed by atoms with Crippen LogP contribution in [-0.4, -0.2) is 50.2 Å². The maximum atomic E-state index is 12.1. The molecule has 0 atom stereocenters. The van der Waals surface area contributed by atoms with Gasteiger partial charge in [-0.15, -0.1) is 0 Å². The highest BCUT2D eigenvalue weighted by atomic mass is 19.3. The normalized spacial score (nSPS) is 10.0. The maximum absolute atomic E-state index is 12.1. The molecule has 11 heteroatoms. The lowest BCUT2D eigenvalue weighted by Gasteiger charge is -2.08. The van der Waals surface area contributed by atoms with Crippen LogP contribution in [0, 0.1) is 0 Å². The summed E-state index contributed by atoms with van der Waals surface area (Å²) in [6, 6.07) is 4.95. The van der Waals surface area contributed by atoms with E-state index in [2.05, 4.69) is 19.5 Å². The zero-order valence-electron chi connectivity index (χ0n) is 13.6. The number of benzene rings is 1. The van der Waals surface area contributed by atoms with Crippen molar-refractivity contribution in [3.8, 4) is 5.75 Å². The molecule has 0 radical (unpaired) electrons. The fraction of sp³-hybridized carbons (Fsp3) is 0.333. The molecule has 1 aromatic carbocycles. The number of alkyl halides is 2. The van der Waals surface area contributed by atoms with Crippen LogP contribution in [-0.2, 0) is 19.1 Å². The van der Waals surface area contributed by atoms with Gasteiger partial charge in [-0.2, -0.15) is 8.78 Å². The molecule has 0 aliphatic heterocycles. The second-order valence-corrected chi connectivity index (χ2v) is 4.52. The first kappa shape index (κ1) is 20.8. The number of imide groups is 1. The van der Waals surface area contributed by atoms with Crippen LogP contribution >= 0.6 is 0 Å². The topological polar surface area (TPSA) is 120 Å². The summed E-state index contributed by atoms with van der Waals surface area (Å²) in [5.41, 5.74) is -0.0176. The molecule has 0 unspecified atom stereocenters. The molecular weight excluding hydrogens is 358 g/mol. The largest absolute Gasteiger partial charge is 0.454 e. The molecule has 0 bridgehead atoms. The fourth-order valence-corrected chi connectivity index (χ4v) is 1.58. The predicted molar refractivity (Wildman–Crippen MR) is 81.5 cm³/mol. The van der Waals surface area contributed by atoms with Gasteiger partial charge in [-0.1, -0.05) is 6.07 Å². The van der Waals surface area contributed by atoms with E-state index in [1.807, 2.05) is 5.32 Å². The molecule has 0 heterocycles. The molecule has 3 amide bonds. The van der Waals surface area contributed by atoms with E-state index >= 15 is 0 Å². The number of alkyl carbamates (subject to hydrolysis) is 1. The Morgan fingerprint density at radius 2 is 1.88 bits per heavy atom. The minimum atomic E-state index is -3.04. The van der Waals surface area contributed by atoms with Gasteiger partial charge in [-0.05, 0) is 25.1 Å². The second kappa shape index (κ2) is 10.6. The van der Waals surface area contributed by atoms with Crippen LogP contribution < -0.4 is 15.4 Å². The number of esters is 1. The molecular formula is C15H16F2N2O7. The summed E-state index contributed by atoms with van der Waals surface area (Å²) >= 11 is 0. The standard InChI is InChI=1S/C15H16F2N2O7/c1-2-24-15(23)19-11(20)8-25-12(21)7-18-13(22)9-4-3-5-10(6-9)26-14(16)17/h3-6,14H,2,7-8H2,1H3,(H,18,22)(H,19,20,23). The van der Waals surface area contributed by atoms with Gasteiger partial charge >= 0.3 is 18.7 Å². The van der Waals surface area contributed by atoms with E-state index in [1.54, 1.807) is 6.92 Å². The predicted octanol–water partition coefficient (Wildman–Crippen LogP) is 0.834. The molecule has 142 valence electrons. The minimum absolute atomic E-state index is 0.0176. The van der Waals surface area contributed by atoms with Gasteiger partial charge in [0.05, 0.1) is 6.61 Å². The summed E-state index contributed by atoms with van der Waals surface area (Å²) in [6.07, 6.45) is -0.979. The van der Waals surface area contributed by atoms with Crippen LogP contribution in [0.4, 0.5) is 13.6 Å². The minimum Gasteiger partial charge on any atom is -0.454 e. The van der Waals surface area contributed by atoms with Crippen molar-refractivity contribution in [2.24, 2.45) is 0 Å². The number of rotatable bonds is 8. The van der Waals surface area contributed by atoms with Crippen LogP contribution in [0.5, 0.6) is 5.75 Å². The zero-order valence-corrected chi connectivity index (χ0v) is 13.6. The van der Waals surface area contributed by atoms with Crippen LogP contribution in [0.3, 0.4) is 0 Å². The highest BCUT2D eigenvalue weighted by Gasteiger charge is 2.14. The van der Waals surface area contributed by atoms with Crippen LogP contribution in [0.15, 0.2) is 24.3 Å². The zero-order chi connectivity index (χ0) is 19.5. The monoisotopic (exact) mass is 374 g/mol. The van der Waals surface area contributed by atoms with Gasteiger partial charge in [0, 0.05) is 5.56 Å². The molecule has 1 aromatic rings. The molecule has 26 heavy (non-hydrogen) atoms. The van der Waals surface area contributed by atoms with Gasteiger partial charge in [0.25, 0.3) is 11.8 Å². The number of hydrogen-bond donors (Lipinski definition) is 2. The number of carbonyl (C=O) groups is 4. The van der Waals surface area contributed by atoms with Crippen molar-refractivity contribution in [1.82, 2.24) is 10.6 Å². The third-order valence-corrected chi connectivity index (χ3v) is 2.60. The highest BCUT2D eigenvalue weighted by molar-refractivity contribution is 5.96. The molecule has 0 saturated heterocycles. The first-order valence-electron chi connectivity index (χ1n) is 7.27. The van der Waals surface area contributed by atoms with Gasteiger partial charge in [-0.25, -0.2) is 4.79 Å². The van der Waals surface area contributed by atoms with Crippen LogP contribution in [0.1, 0.15) is 17.3 Å². The van der Waals surface area contributed by atoms with Gasteiger partial charge < -0.3 is 19.5 Å². The Labute approximate surface area is 146 Å². The molecule has 1 rings (SSSR count). The van der Waals surface area contributed by atoms with E-state index in [9.17, 15) is 28.0 Å². The number of nitrogens with one attached hydrogen (secondary N) is 2. The molecule has 0 fully saturated rings. The van der Waals surface area contributed by atoms with Crippen LogP contribution in [0.2, 0.25) is 0 Å². The molecule has 9 nitrogen and oxygen atoms in total. The Bertz CT molecular complexity index is 667. The Morgan fingerprint density at radius 3 is 2.54 bits per heavy atom. The molecule has 0 aliphatic carbocycles. The fourth-order valence-electron chi connectivity index (χ4n) is 1.58. The summed E-state index contributed by atoms with van der Waals surface area (Å²) in [5, 5.41) is 3.99. The van der Waals surface area contributed by atoms with E-state index in [0.29, 0.717) is 0 Å². The number of amides is 3. The molecule has 0 aromatic heterocycles.